The predicted molar refractivity (Wildman–Crippen MR) is 75.2 cm³/mol. The molecule has 1 N–H and O–H groups in total. The summed E-state index contributed by atoms with van der Waals surface area (Å²) >= 11 is 0. The topological polar surface area (TPSA) is 75.7 Å². The van der Waals surface area contributed by atoms with Gasteiger partial charge in [0.05, 0.1) is 18.4 Å². The van der Waals surface area contributed by atoms with Crippen molar-refractivity contribution in [2.75, 3.05) is 32.6 Å². The normalized spacial score (nSPS) is 12.7. The molecule has 0 saturated heterocycles. The van der Waals surface area contributed by atoms with Crippen molar-refractivity contribution in [3.63, 3.8) is 0 Å². The molecule has 0 saturated carbocycles. The van der Waals surface area contributed by atoms with Gasteiger partial charge in [0.15, 0.2) is 0 Å². The predicted octanol–water partition coefficient (Wildman–Crippen LogP) is 0.141. The maximum Gasteiger partial charge on any atom is 0.241 e. The molecule has 6 nitrogen and oxygen atoms in total. The largest absolute Gasteiger partial charge is 0.384 e. The number of ether oxygens (including phenoxy) is 1. The van der Waals surface area contributed by atoms with E-state index in [1.165, 1.54) is 18.9 Å². The third-order valence-corrected chi connectivity index (χ3v) is 3.71. The van der Waals surface area contributed by atoms with Gasteiger partial charge in [0.1, 0.15) is 0 Å². The van der Waals surface area contributed by atoms with E-state index >= 15 is 0 Å². The minimum atomic E-state index is -3.53. The van der Waals surface area contributed by atoms with E-state index in [1.807, 2.05) is 0 Å². The number of methoxy groups -OCH3 is 1. The summed E-state index contributed by atoms with van der Waals surface area (Å²) in [4.78, 5) is 13.5. The Labute approximate surface area is 115 Å². The van der Waals surface area contributed by atoms with Crippen LogP contribution in [0.3, 0.4) is 0 Å². The van der Waals surface area contributed by atoms with Crippen LogP contribution in [0.1, 0.15) is 6.92 Å². The van der Waals surface area contributed by atoms with Gasteiger partial charge in [-0.3, -0.25) is 4.79 Å². The molecular weight excluding hydrogens is 268 g/mol. The summed E-state index contributed by atoms with van der Waals surface area (Å²) < 4.78 is 30.3. The highest BCUT2D eigenvalue weighted by atomic mass is 32.2. The highest BCUT2D eigenvalue weighted by Gasteiger charge is 2.23. The van der Waals surface area contributed by atoms with Crippen molar-refractivity contribution in [1.29, 1.82) is 0 Å². The van der Waals surface area contributed by atoms with E-state index in [-0.39, 0.29) is 18.3 Å². The lowest BCUT2D eigenvalue weighted by atomic mass is 10.3. The summed E-state index contributed by atoms with van der Waals surface area (Å²) in [5, 5.41) is 0. The molecule has 110 valence electrons. The lowest BCUT2D eigenvalue weighted by Gasteiger charge is -2.23. The maximum atomic E-state index is 12.0. The Hall–Kier alpha value is -1.18. The van der Waals surface area contributed by atoms with Gasteiger partial charge >= 0.3 is 0 Å². The quantitative estimate of drug-likeness (QED) is 0.581. The van der Waals surface area contributed by atoms with Crippen LogP contribution in [-0.4, -0.2) is 57.8 Å². The van der Waals surface area contributed by atoms with E-state index in [4.69, 9.17) is 4.74 Å². The smallest absolute Gasteiger partial charge is 0.241 e. The first-order valence-corrected chi connectivity index (χ1v) is 7.52. The highest BCUT2D eigenvalue weighted by molar-refractivity contribution is 7.89. The van der Waals surface area contributed by atoms with Crippen LogP contribution in [0.5, 0.6) is 0 Å². The summed E-state index contributed by atoms with van der Waals surface area (Å²) in [6.45, 7) is 9.39. The average Bonchev–Trinajstić information content (AvgIpc) is 2.34. The molecule has 0 aliphatic carbocycles. The Kier molecular flexibility index (Phi) is 8.29. The molecule has 0 heterocycles. The van der Waals surface area contributed by atoms with Crippen LogP contribution in [0.4, 0.5) is 0 Å². The fourth-order valence-electron chi connectivity index (χ4n) is 1.41. The van der Waals surface area contributed by atoms with E-state index in [0.29, 0.717) is 13.1 Å². The third-order valence-electron chi connectivity index (χ3n) is 2.29. The summed E-state index contributed by atoms with van der Waals surface area (Å²) in [7, 11) is -2.11. The molecule has 1 unspecified atom stereocenters. The Morgan fingerprint density at radius 1 is 1.37 bits per heavy atom. The van der Waals surface area contributed by atoms with Crippen LogP contribution in [0, 0.1) is 0 Å². The first kappa shape index (κ1) is 17.8. The number of hydrogen-bond acceptors (Lipinski definition) is 4. The Morgan fingerprint density at radius 3 is 2.32 bits per heavy atom. The summed E-state index contributed by atoms with van der Waals surface area (Å²) in [6, 6.07) is -0.832. The molecule has 1 amide bonds. The fraction of sp³-hybridized carbons (Fsp3) is 0.583. The number of carbonyl (C=O) groups excluding carboxylic acids is 1. The van der Waals surface area contributed by atoms with Crippen molar-refractivity contribution in [2.24, 2.45) is 0 Å². The van der Waals surface area contributed by atoms with Crippen LogP contribution in [0.15, 0.2) is 25.3 Å². The van der Waals surface area contributed by atoms with Crippen LogP contribution in [-0.2, 0) is 19.6 Å². The number of nitrogens with one attached hydrogen (secondary N) is 1. The van der Waals surface area contributed by atoms with Gasteiger partial charge in [0.25, 0.3) is 0 Å². The average molecular weight is 290 g/mol. The van der Waals surface area contributed by atoms with Gasteiger partial charge in [0, 0.05) is 20.2 Å². The second kappa shape index (κ2) is 8.84. The van der Waals surface area contributed by atoms with Crippen LogP contribution in [0.25, 0.3) is 0 Å². The van der Waals surface area contributed by atoms with E-state index in [2.05, 4.69) is 17.9 Å². The van der Waals surface area contributed by atoms with Gasteiger partial charge in [-0.25, -0.2) is 13.1 Å². The van der Waals surface area contributed by atoms with Crippen molar-refractivity contribution >= 4 is 15.9 Å². The molecule has 1 atom stereocenters. The Morgan fingerprint density at radius 2 is 1.89 bits per heavy atom. The molecule has 0 aliphatic rings. The lowest BCUT2D eigenvalue weighted by molar-refractivity contribution is -0.131. The molecule has 0 bridgehead atoms. The van der Waals surface area contributed by atoms with Crippen molar-refractivity contribution in [2.45, 2.75) is 13.0 Å². The summed E-state index contributed by atoms with van der Waals surface area (Å²) in [5.41, 5.74) is 0. The van der Waals surface area contributed by atoms with Crippen LogP contribution >= 0.6 is 0 Å². The molecule has 19 heavy (non-hydrogen) atoms. The molecular formula is C12H22N2O4S. The SMILES string of the molecule is C=CCN(CC=C)C(=O)C(C)NS(=O)(=O)CCOC. The van der Waals surface area contributed by atoms with Gasteiger partial charge in [-0.2, -0.15) is 0 Å². The number of hydrogen-bond donors (Lipinski definition) is 1. The molecule has 0 spiro atoms. The van der Waals surface area contributed by atoms with E-state index < -0.39 is 16.1 Å². The molecule has 0 aliphatic heterocycles. The maximum absolute atomic E-state index is 12.0. The highest BCUT2D eigenvalue weighted by Crippen LogP contribution is 1.99. The van der Waals surface area contributed by atoms with Crippen LogP contribution in [0.2, 0.25) is 0 Å². The van der Waals surface area contributed by atoms with E-state index in [9.17, 15) is 13.2 Å². The fourth-order valence-corrected chi connectivity index (χ4v) is 2.56. The zero-order valence-electron chi connectivity index (χ0n) is 11.5. The van der Waals surface area contributed by atoms with Crippen LogP contribution < -0.4 is 4.72 Å². The van der Waals surface area contributed by atoms with Crippen molar-refractivity contribution in [3.8, 4) is 0 Å². The second-order valence-electron chi connectivity index (χ2n) is 3.97. The Balaban J connectivity index is 4.61. The number of sulfonamides is 1. The van der Waals surface area contributed by atoms with Crippen molar-refractivity contribution < 1.29 is 17.9 Å². The molecule has 0 rings (SSSR count). The van der Waals surface area contributed by atoms with Crippen molar-refractivity contribution in [1.82, 2.24) is 9.62 Å². The lowest BCUT2D eigenvalue weighted by Crippen LogP contribution is -2.47. The summed E-state index contributed by atoms with van der Waals surface area (Å²) in [5.74, 6) is -0.495. The van der Waals surface area contributed by atoms with Gasteiger partial charge < -0.3 is 9.64 Å². The number of rotatable bonds is 10. The minimum Gasteiger partial charge on any atom is -0.384 e. The number of amides is 1. The van der Waals surface area contributed by atoms with E-state index in [1.54, 1.807) is 12.2 Å². The third kappa shape index (κ3) is 7.09. The molecule has 0 aromatic carbocycles. The molecule has 0 aromatic heterocycles. The second-order valence-corrected chi connectivity index (χ2v) is 5.85. The van der Waals surface area contributed by atoms with Gasteiger partial charge in [0.2, 0.25) is 15.9 Å². The minimum absolute atomic E-state index is 0.0826. The monoisotopic (exact) mass is 290 g/mol. The molecule has 0 fully saturated rings. The number of carbonyl (C=O) groups is 1. The number of nitrogens with zero attached hydrogens (tertiary/aromatic N) is 1. The van der Waals surface area contributed by atoms with Gasteiger partial charge in [-0.1, -0.05) is 12.2 Å². The zero-order valence-corrected chi connectivity index (χ0v) is 12.3. The van der Waals surface area contributed by atoms with Gasteiger partial charge in [-0.15, -0.1) is 13.2 Å². The summed E-state index contributed by atoms with van der Waals surface area (Å²) in [6.07, 6.45) is 3.15. The Bertz CT molecular complexity index is 396. The first-order valence-electron chi connectivity index (χ1n) is 5.87. The molecule has 0 radical (unpaired) electrons. The van der Waals surface area contributed by atoms with Crippen molar-refractivity contribution in [3.05, 3.63) is 25.3 Å². The molecule has 0 aromatic rings. The first-order chi connectivity index (χ1) is 8.87. The standard InChI is InChI=1S/C12H22N2O4S/c1-5-7-14(8-6-2)12(15)11(3)13-19(16,17)10-9-18-4/h5-6,11,13H,1-2,7-10H2,3-4H3. The molecule has 7 heteroatoms. The van der Waals surface area contributed by atoms with E-state index in [0.717, 1.165) is 0 Å². The van der Waals surface area contributed by atoms with Gasteiger partial charge in [-0.05, 0) is 6.92 Å². The zero-order chi connectivity index (χ0) is 14.9.